The molecule has 152 valence electrons. The fraction of sp³-hybridized carbons (Fsp3) is 0.682. The van der Waals surface area contributed by atoms with Crippen molar-refractivity contribution in [2.24, 2.45) is 5.92 Å². The van der Waals surface area contributed by atoms with Gasteiger partial charge in [0.05, 0.1) is 0 Å². The molecule has 1 heterocycles. The second-order valence-electron chi connectivity index (χ2n) is 8.47. The molecule has 1 saturated heterocycles. The molecule has 27 heavy (non-hydrogen) atoms. The monoisotopic (exact) mass is 376 g/mol. The van der Waals surface area contributed by atoms with E-state index in [0.717, 1.165) is 24.8 Å². The number of amides is 1. The number of carboxylic acid groups (broad SMARTS) is 1. The van der Waals surface area contributed by atoms with Crippen molar-refractivity contribution in [3.8, 4) is 0 Å². The van der Waals surface area contributed by atoms with Crippen LogP contribution >= 0.6 is 0 Å². The highest BCUT2D eigenvalue weighted by atomic mass is 16.7. The number of piperidine rings is 1. The summed E-state index contributed by atoms with van der Waals surface area (Å²) in [6.45, 7) is 13.0. The minimum absolute atomic E-state index is 0.0377. The average Bonchev–Trinajstić information content (AvgIpc) is 2.68. The summed E-state index contributed by atoms with van der Waals surface area (Å²) in [7, 11) is 1.69. The fourth-order valence-electron chi connectivity index (χ4n) is 4.48. The van der Waals surface area contributed by atoms with Gasteiger partial charge in [0.2, 0.25) is 0 Å². The Morgan fingerprint density at radius 2 is 1.89 bits per heavy atom. The standard InChI is InChI=1S/C22H36N2O3/c1-8-21(5)15-19(23(7)20(25)26)16(3)22(6,9-2)24(21)27-17(4)18-13-11-10-12-14-18/h10-14,16-17,19H,8-9,15H2,1-7H3,(H,25,26). The van der Waals surface area contributed by atoms with Gasteiger partial charge in [0.25, 0.3) is 0 Å². The van der Waals surface area contributed by atoms with E-state index in [2.05, 4.69) is 58.7 Å². The Bertz CT molecular complexity index is 638. The highest BCUT2D eigenvalue weighted by Crippen LogP contribution is 2.48. The van der Waals surface area contributed by atoms with E-state index in [1.165, 1.54) is 4.90 Å². The third-order valence-corrected chi connectivity index (χ3v) is 6.97. The summed E-state index contributed by atoms with van der Waals surface area (Å²) in [5.74, 6) is 0.145. The molecule has 0 spiro atoms. The number of hydrogen-bond donors (Lipinski definition) is 1. The molecule has 0 bridgehead atoms. The lowest BCUT2D eigenvalue weighted by atomic mass is 9.68. The summed E-state index contributed by atoms with van der Waals surface area (Å²) < 4.78 is 0. The Labute approximate surface area is 164 Å². The number of benzene rings is 1. The lowest BCUT2D eigenvalue weighted by Crippen LogP contribution is -2.70. The van der Waals surface area contributed by atoms with Gasteiger partial charge in [-0.3, -0.25) is 4.84 Å². The van der Waals surface area contributed by atoms with E-state index in [1.54, 1.807) is 7.05 Å². The molecule has 1 aliphatic rings. The van der Waals surface area contributed by atoms with Crippen LogP contribution < -0.4 is 0 Å². The molecule has 1 fully saturated rings. The molecule has 1 amide bonds. The van der Waals surface area contributed by atoms with E-state index in [9.17, 15) is 9.90 Å². The second-order valence-corrected chi connectivity index (χ2v) is 8.47. The third-order valence-electron chi connectivity index (χ3n) is 6.97. The predicted octanol–water partition coefficient (Wildman–Crippen LogP) is 5.34. The van der Waals surface area contributed by atoms with Gasteiger partial charge in [-0.2, -0.15) is 5.06 Å². The Hall–Kier alpha value is -1.59. The van der Waals surface area contributed by atoms with Crippen LogP contribution in [0, 0.1) is 5.92 Å². The first kappa shape index (κ1) is 21.7. The summed E-state index contributed by atoms with van der Waals surface area (Å²) in [6, 6.07) is 10.2. The maximum absolute atomic E-state index is 11.7. The molecule has 1 N–H and O–H groups in total. The van der Waals surface area contributed by atoms with Gasteiger partial charge >= 0.3 is 6.09 Å². The summed E-state index contributed by atoms with van der Waals surface area (Å²) >= 11 is 0. The zero-order chi connectivity index (χ0) is 20.4. The maximum atomic E-state index is 11.7. The van der Waals surface area contributed by atoms with Crippen LogP contribution in [0.1, 0.15) is 72.5 Å². The third kappa shape index (κ3) is 3.99. The van der Waals surface area contributed by atoms with Crippen LogP contribution in [0.4, 0.5) is 4.79 Å². The van der Waals surface area contributed by atoms with Crippen LogP contribution in [0.3, 0.4) is 0 Å². The topological polar surface area (TPSA) is 53.0 Å². The number of carbonyl (C=O) groups is 1. The Morgan fingerprint density at radius 3 is 2.37 bits per heavy atom. The lowest BCUT2D eigenvalue weighted by molar-refractivity contribution is -0.330. The van der Waals surface area contributed by atoms with Crippen LogP contribution in [0.5, 0.6) is 0 Å². The maximum Gasteiger partial charge on any atom is 0.407 e. The van der Waals surface area contributed by atoms with Gasteiger partial charge in [-0.1, -0.05) is 51.1 Å². The van der Waals surface area contributed by atoms with Crippen molar-refractivity contribution >= 4 is 6.09 Å². The molecule has 1 aromatic carbocycles. The van der Waals surface area contributed by atoms with Crippen LogP contribution in [0.15, 0.2) is 30.3 Å². The molecule has 5 heteroatoms. The number of rotatable bonds is 6. The van der Waals surface area contributed by atoms with E-state index < -0.39 is 6.09 Å². The van der Waals surface area contributed by atoms with Crippen LogP contribution in [0.25, 0.3) is 0 Å². The van der Waals surface area contributed by atoms with Gasteiger partial charge in [0.15, 0.2) is 0 Å². The quantitative estimate of drug-likeness (QED) is 0.728. The van der Waals surface area contributed by atoms with Crippen molar-refractivity contribution in [3.63, 3.8) is 0 Å². The predicted molar refractivity (Wildman–Crippen MR) is 109 cm³/mol. The second kappa shape index (κ2) is 8.19. The van der Waals surface area contributed by atoms with Crippen molar-refractivity contribution in [2.75, 3.05) is 7.05 Å². The summed E-state index contributed by atoms with van der Waals surface area (Å²) in [5, 5.41) is 11.8. The van der Waals surface area contributed by atoms with E-state index >= 15 is 0 Å². The number of nitrogens with zero attached hydrogens (tertiary/aromatic N) is 2. The first-order chi connectivity index (χ1) is 12.6. The molecule has 5 nitrogen and oxygen atoms in total. The van der Waals surface area contributed by atoms with Crippen molar-refractivity contribution in [1.29, 1.82) is 0 Å². The van der Waals surface area contributed by atoms with Crippen molar-refractivity contribution < 1.29 is 14.7 Å². The van der Waals surface area contributed by atoms with Crippen LogP contribution in [0.2, 0.25) is 0 Å². The Morgan fingerprint density at radius 1 is 1.30 bits per heavy atom. The molecule has 5 atom stereocenters. The first-order valence-electron chi connectivity index (χ1n) is 10.1. The molecular formula is C22H36N2O3. The van der Waals surface area contributed by atoms with E-state index in [4.69, 9.17) is 4.84 Å². The minimum atomic E-state index is -0.865. The molecule has 0 radical (unpaired) electrons. The normalized spacial score (nSPS) is 32.9. The van der Waals surface area contributed by atoms with Crippen LogP contribution in [-0.4, -0.2) is 45.3 Å². The highest BCUT2D eigenvalue weighted by molar-refractivity contribution is 5.65. The highest BCUT2D eigenvalue weighted by Gasteiger charge is 2.55. The Kier molecular flexibility index (Phi) is 6.59. The van der Waals surface area contributed by atoms with Crippen molar-refractivity contribution in [3.05, 3.63) is 35.9 Å². The van der Waals surface area contributed by atoms with Gasteiger partial charge < -0.3 is 10.0 Å². The minimum Gasteiger partial charge on any atom is -0.465 e. The smallest absolute Gasteiger partial charge is 0.407 e. The molecule has 0 aromatic heterocycles. The molecular weight excluding hydrogens is 340 g/mol. The SMILES string of the molecule is CCC1(C)CC(N(C)C(=O)O)C(C)C(C)(CC)N1OC(C)c1ccccc1. The van der Waals surface area contributed by atoms with Gasteiger partial charge in [0, 0.05) is 24.2 Å². The fourth-order valence-corrected chi connectivity index (χ4v) is 4.48. The lowest BCUT2D eigenvalue weighted by Gasteiger charge is -2.60. The average molecular weight is 377 g/mol. The molecule has 5 unspecified atom stereocenters. The van der Waals surface area contributed by atoms with E-state index in [-0.39, 0.29) is 29.1 Å². The first-order valence-corrected chi connectivity index (χ1v) is 10.1. The van der Waals surface area contributed by atoms with Gasteiger partial charge in [-0.25, -0.2) is 4.79 Å². The zero-order valence-electron chi connectivity index (χ0n) is 17.9. The van der Waals surface area contributed by atoms with Crippen molar-refractivity contribution in [1.82, 2.24) is 9.96 Å². The summed E-state index contributed by atoms with van der Waals surface area (Å²) in [6.07, 6.45) is 1.60. The molecule has 2 rings (SSSR count). The zero-order valence-corrected chi connectivity index (χ0v) is 17.9. The van der Waals surface area contributed by atoms with E-state index in [0.29, 0.717) is 0 Å². The van der Waals surface area contributed by atoms with Crippen molar-refractivity contribution in [2.45, 2.75) is 84.0 Å². The van der Waals surface area contributed by atoms with Gasteiger partial charge in [-0.05, 0) is 51.5 Å². The van der Waals surface area contributed by atoms with Gasteiger partial charge in [0.1, 0.15) is 6.10 Å². The Balaban J connectivity index is 2.40. The summed E-state index contributed by atoms with van der Waals surface area (Å²) in [4.78, 5) is 19.8. The molecule has 0 aliphatic carbocycles. The largest absolute Gasteiger partial charge is 0.465 e. The molecule has 1 aromatic rings. The van der Waals surface area contributed by atoms with Crippen LogP contribution in [-0.2, 0) is 4.84 Å². The van der Waals surface area contributed by atoms with Gasteiger partial charge in [-0.15, -0.1) is 0 Å². The number of hydrogen-bond acceptors (Lipinski definition) is 3. The number of hydroxylamine groups is 2. The summed E-state index contributed by atoms with van der Waals surface area (Å²) in [5.41, 5.74) is 0.640. The van der Waals surface area contributed by atoms with E-state index in [1.807, 2.05) is 18.2 Å². The molecule has 1 aliphatic heterocycles. The molecule has 0 saturated carbocycles.